The van der Waals surface area contributed by atoms with Gasteiger partial charge in [0.1, 0.15) is 0 Å². The molecular formula is C17H28ClN3OS2. The Kier molecular flexibility index (Phi) is 7.85. The van der Waals surface area contributed by atoms with Crippen molar-refractivity contribution < 1.29 is 4.79 Å². The van der Waals surface area contributed by atoms with Crippen molar-refractivity contribution in [3.63, 3.8) is 0 Å². The maximum atomic E-state index is 12.5. The highest BCUT2D eigenvalue weighted by molar-refractivity contribution is 7.98. The van der Waals surface area contributed by atoms with Crippen LogP contribution in [-0.4, -0.2) is 46.9 Å². The number of nitrogens with zero attached hydrogens (tertiary/aromatic N) is 2. The first kappa shape index (κ1) is 20.0. The molecule has 0 bridgehead atoms. The number of aromatic nitrogens is 1. The third kappa shape index (κ3) is 4.65. The maximum absolute atomic E-state index is 12.5. The van der Waals surface area contributed by atoms with Gasteiger partial charge in [0.2, 0.25) is 5.91 Å². The second-order valence-corrected chi connectivity index (χ2v) is 8.74. The van der Waals surface area contributed by atoms with Gasteiger partial charge in [-0.15, -0.1) is 23.7 Å². The van der Waals surface area contributed by atoms with Crippen LogP contribution in [0.5, 0.6) is 0 Å². The van der Waals surface area contributed by atoms with E-state index in [1.807, 2.05) is 16.2 Å². The second kappa shape index (κ2) is 9.41. The van der Waals surface area contributed by atoms with Crippen LogP contribution >= 0.6 is 35.5 Å². The summed E-state index contributed by atoms with van der Waals surface area (Å²) in [6.07, 6.45) is 9.95. The lowest BCUT2D eigenvalue weighted by atomic mass is 9.97. The molecule has 1 aromatic heterocycles. The molecular weight excluding hydrogens is 362 g/mol. The molecule has 2 aliphatic rings. The highest BCUT2D eigenvalue weighted by Crippen LogP contribution is 2.34. The number of rotatable bonds is 5. The molecule has 0 radical (unpaired) electrons. The smallest absolute Gasteiger partial charge is 0.239 e. The van der Waals surface area contributed by atoms with E-state index in [1.54, 1.807) is 11.8 Å². The molecule has 7 heteroatoms. The van der Waals surface area contributed by atoms with E-state index < -0.39 is 0 Å². The van der Waals surface area contributed by atoms with Gasteiger partial charge in [0.15, 0.2) is 0 Å². The van der Waals surface area contributed by atoms with Gasteiger partial charge in [-0.25, -0.2) is 4.98 Å². The van der Waals surface area contributed by atoms with Gasteiger partial charge in [0, 0.05) is 23.9 Å². The Bertz CT molecular complexity index is 528. The summed E-state index contributed by atoms with van der Waals surface area (Å²) in [5, 5.41) is 1.26. The molecule has 4 nitrogen and oxygen atoms in total. The van der Waals surface area contributed by atoms with E-state index in [1.165, 1.54) is 34.8 Å². The van der Waals surface area contributed by atoms with E-state index >= 15 is 0 Å². The lowest BCUT2D eigenvalue weighted by molar-refractivity contribution is -0.133. The fraction of sp³-hybridized carbons (Fsp3) is 0.765. The molecule has 2 atom stereocenters. The van der Waals surface area contributed by atoms with Crippen molar-refractivity contribution in [3.8, 4) is 0 Å². The first-order chi connectivity index (χ1) is 11.2. The first-order valence-electron chi connectivity index (χ1n) is 8.71. The number of hydrogen-bond donors (Lipinski definition) is 1. The van der Waals surface area contributed by atoms with E-state index in [0.29, 0.717) is 5.92 Å². The molecule has 24 heavy (non-hydrogen) atoms. The number of aryl methyl sites for hydroxylation is 2. The molecule has 0 saturated carbocycles. The Morgan fingerprint density at radius 3 is 2.96 bits per heavy atom. The van der Waals surface area contributed by atoms with Crippen LogP contribution in [0.4, 0.5) is 0 Å². The van der Waals surface area contributed by atoms with Gasteiger partial charge in [-0.2, -0.15) is 11.8 Å². The maximum Gasteiger partial charge on any atom is 0.239 e. The van der Waals surface area contributed by atoms with E-state index in [9.17, 15) is 4.79 Å². The Balaban J connectivity index is 0.00000208. The van der Waals surface area contributed by atoms with Crippen LogP contribution in [0.2, 0.25) is 0 Å². The summed E-state index contributed by atoms with van der Waals surface area (Å²) in [6, 6.07) is -0.342. The lowest BCUT2D eigenvalue weighted by Crippen LogP contribution is -2.47. The SMILES string of the molecule is CSCCC(N)C(=O)N1CCCC(c2nc3c(s2)CCCC3)C1.Cl. The number of thioether (sulfide) groups is 1. The Labute approximate surface area is 159 Å². The number of nitrogens with two attached hydrogens (primary N) is 1. The summed E-state index contributed by atoms with van der Waals surface area (Å²) in [5.74, 6) is 1.49. The van der Waals surface area contributed by atoms with Gasteiger partial charge in [-0.05, 0) is 57.0 Å². The minimum absolute atomic E-state index is 0. The third-order valence-corrected chi connectivity index (χ3v) is 6.86. The molecule has 1 aliphatic heterocycles. The predicted octanol–water partition coefficient (Wildman–Crippen LogP) is 3.23. The highest BCUT2D eigenvalue weighted by Gasteiger charge is 2.30. The normalized spacial score (nSPS) is 21.8. The zero-order valence-electron chi connectivity index (χ0n) is 14.3. The largest absolute Gasteiger partial charge is 0.341 e. The number of halogens is 1. The van der Waals surface area contributed by atoms with E-state index in [-0.39, 0.29) is 24.4 Å². The first-order valence-corrected chi connectivity index (χ1v) is 10.9. The molecule has 0 aromatic carbocycles. The lowest BCUT2D eigenvalue weighted by Gasteiger charge is -2.33. The van der Waals surface area contributed by atoms with Crippen LogP contribution in [0.15, 0.2) is 0 Å². The monoisotopic (exact) mass is 389 g/mol. The molecule has 1 aliphatic carbocycles. The topological polar surface area (TPSA) is 59.2 Å². The van der Waals surface area contributed by atoms with Crippen molar-refractivity contribution in [3.05, 3.63) is 15.6 Å². The number of hydrogen-bond acceptors (Lipinski definition) is 5. The fourth-order valence-corrected chi connectivity index (χ4v) is 5.30. The Hall–Kier alpha value is -0.300. The zero-order chi connectivity index (χ0) is 16.2. The quantitative estimate of drug-likeness (QED) is 0.839. The second-order valence-electron chi connectivity index (χ2n) is 6.64. The minimum atomic E-state index is -0.342. The number of thiazole rings is 1. The number of likely N-dealkylation sites (tertiary alicyclic amines) is 1. The standard InChI is InChI=1S/C17H27N3OS2.ClH/c1-22-10-8-13(18)17(21)20-9-4-5-12(11-20)16-19-14-6-2-3-7-15(14)23-16;/h12-13H,2-11,18H2,1H3;1H. The van der Waals surface area contributed by atoms with Crippen molar-refractivity contribution in [1.29, 1.82) is 0 Å². The summed E-state index contributed by atoms with van der Waals surface area (Å²) in [4.78, 5) is 20.9. The molecule has 1 amide bonds. The summed E-state index contributed by atoms with van der Waals surface area (Å²) in [5.41, 5.74) is 7.41. The van der Waals surface area contributed by atoms with Crippen molar-refractivity contribution in [2.45, 2.75) is 56.9 Å². The summed E-state index contributed by atoms with van der Waals surface area (Å²) in [6.45, 7) is 1.66. The molecule has 2 heterocycles. The summed E-state index contributed by atoms with van der Waals surface area (Å²) >= 11 is 3.64. The van der Waals surface area contributed by atoms with Gasteiger partial charge in [-0.1, -0.05) is 0 Å². The van der Waals surface area contributed by atoms with Gasteiger partial charge in [0.05, 0.1) is 16.7 Å². The van der Waals surface area contributed by atoms with Crippen molar-refractivity contribution >= 4 is 41.4 Å². The molecule has 2 unspecified atom stereocenters. The van der Waals surface area contributed by atoms with Crippen LogP contribution in [0, 0.1) is 0 Å². The highest BCUT2D eigenvalue weighted by atomic mass is 35.5. The molecule has 3 rings (SSSR count). The van der Waals surface area contributed by atoms with E-state index in [4.69, 9.17) is 10.7 Å². The number of fused-ring (bicyclic) bond motifs is 1. The van der Waals surface area contributed by atoms with Crippen LogP contribution in [0.25, 0.3) is 0 Å². The molecule has 1 fully saturated rings. The van der Waals surface area contributed by atoms with Crippen LogP contribution in [0.3, 0.4) is 0 Å². The van der Waals surface area contributed by atoms with Crippen molar-refractivity contribution in [2.75, 3.05) is 25.1 Å². The average molecular weight is 390 g/mol. The molecule has 1 saturated heterocycles. The van der Waals surface area contributed by atoms with Crippen LogP contribution < -0.4 is 5.73 Å². The van der Waals surface area contributed by atoms with Crippen molar-refractivity contribution in [1.82, 2.24) is 9.88 Å². The average Bonchev–Trinajstić information content (AvgIpc) is 3.03. The molecule has 136 valence electrons. The van der Waals surface area contributed by atoms with Crippen LogP contribution in [-0.2, 0) is 17.6 Å². The van der Waals surface area contributed by atoms with E-state index in [2.05, 4.69) is 6.26 Å². The minimum Gasteiger partial charge on any atom is -0.341 e. The van der Waals surface area contributed by atoms with Gasteiger partial charge < -0.3 is 10.6 Å². The summed E-state index contributed by atoms with van der Waals surface area (Å²) in [7, 11) is 0. The Morgan fingerprint density at radius 1 is 1.42 bits per heavy atom. The molecule has 2 N–H and O–H groups in total. The predicted molar refractivity (Wildman–Crippen MR) is 106 cm³/mol. The molecule has 1 aromatic rings. The number of carbonyl (C=O) groups excluding carboxylic acids is 1. The summed E-state index contributed by atoms with van der Waals surface area (Å²) < 4.78 is 0. The van der Waals surface area contributed by atoms with Crippen LogP contribution in [0.1, 0.15) is 53.6 Å². The molecule has 0 spiro atoms. The zero-order valence-corrected chi connectivity index (χ0v) is 16.8. The number of amides is 1. The third-order valence-electron chi connectivity index (χ3n) is 4.89. The van der Waals surface area contributed by atoms with Gasteiger partial charge in [-0.3, -0.25) is 4.79 Å². The number of piperidine rings is 1. The van der Waals surface area contributed by atoms with Gasteiger partial charge in [0.25, 0.3) is 0 Å². The number of carbonyl (C=O) groups is 1. The van der Waals surface area contributed by atoms with E-state index in [0.717, 1.165) is 44.5 Å². The van der Waals surface area contributed by atoms with Crippen molar-refractivity contribution in [2.24, 2.45) is 5.73 Å². The van der Waals surface area contributed by atoms with Gasteiger partial charge >= 0.3 is 0 Å². The Morgan fingerprint density at radius 2 is 2.21 bits per heavy atom. The fourth-order valence-electron chi connectivity index (χ4n) is 3.53.